The fraction of sp³-hybridized carbons (Fsp3) is 0.300. The van der Waals surface area contributed by atoms with E-state index in [2.05, 4.69) is 11.4 Å². The summed E-state index contributed by atoms with van der Waals surface area (Å²) in [7, 11) is 0. The van der Waals surface area contributed by atoms with Crippen molar-refractivity contribution in [1.82, 2.24) is 5.32 Å². The average Bonchev–Trinajstić information content (AvgIpc) is 2.56. The highest BCUT2D eigenvalue weighted by Gasteiger charge is 2.37. The van der Waals surface area contributed by atoms with E-state index in [1.165, 1.54) is 0 Å². The molecule has 0 spiro atoms. The zero-order chi connectivity index (χ0) is 16.9. The highest BCUT2D eigenvalue weighted by atomic mass is 16.2. The Kier molecular flexibility index (Phi) is 4.86. The number of benzene rings is 2. The van der Waals surface area contributed by atoms with Crippen molar-refractivity contribution in [2.24, 2.45) is 0 Å². The first-order valence-corrected chi connectivity index (χ1v) is 7.71. The van der Waals surface area contributed by atoms with Gasteiger partial charge in [-0.2, -0.15) is 5.26 Å². The Morgan fingerprint density at radius 3 is 2.04 bits per heavy atom. The highest BCUT2D eigenvalue weighted by molar-refractivity contribution is 5.89. The zero-order valence-corrected chi connectivity index (χ0v) is 13.8. The molecule has 3 heteroatoms. The second-order valence-corrected chi connectivity index (χ2v) is 6.55. The molecule has 0 aliphatic heterocycles. The average molecular weight is 306 g/mol. The van der Waals surface area contributed by atoms with E-state index < -0.39 is 11.0 Å². The van der Waals surface area contributed by atoms with Crippen LogP contribution >= 0.6 is 0 Å². The minimum atomic E-state index is -0.899. The number of hydrogen-bond donors (Lipinski definition) is 1. The smallest absolute Gasteiger partial charge is 0.231 e. The van der Waals surface area contributed by atoms with Gasteiger partial charge in [-0.1, -0.05) is 60.7 Å². The number of amides is 1. The molecule has 2 aromatic carbocycles. The van der Waals surface area contributed by atoms with Crippen molar-refractivity contribution in [2.75, 3.05) is 0 Å². The Morgan fingerprint density at radius 2 is 1.52 bits per heavy atom. The number of nitrogens with one attached hydrogen (secondary N) is 1. The number of nitriles is 1. The molecule has 23 heavy (non-hydrogen) atoms. The number of nitrogens with zero attached hydrogens (tertiary/aromatic N) is 1. The maximum absolute atomic E-state index is 13.0. The third-order valence-electron chi connectivity index (χ3n) is 4.02. The molecule has 0 fully saturated rings. The fourth-order valence-corrected chi connectivity index (χ4v) is 2.57. The van der Waals surface area contributed by atoms with Crippen LogP contribution < -0.4 is 5.32 Å². The van der Waals surface area contributed by atoms with Crippen LogP contribution in [0.25, 0.3) is 0 Å². The van der Waals surface area contributed by atoms with Crippen molar-refractivity contribution in [3.8, 4) is 6.07 Å². The summed E-state index contributed by atoms with van der Waals surface area (Å²) in [6.45, 7) is 5.34. The number of rotatable bonds is 5. The Bertz CT molecular complexity index is 701. The number of carbonyl (C=O) groups is 1. The molecule has 0 saturated carbocycles. The van der Waals surface area contributed by atoms with Gasteiger partial charge in [0.2, 0.25) is 5.91 Å². The van der Waals surface area contributed by atoms with Crippen molar-refractivity contribution in [3.63, 3.8) is 0 Å². The topological polar surface area (TPSA) is 52.9 Å². The van der Waals surface area contributed by atoms with Crippen molar-refractivity contribution < 1.29 is 4.79 Å². The first-order valence-electron chi connectivity index (χ1n) is 7.71. The second kappa shape index (κ2) is 6.66. The van der Waals surface area contributed by atoms with Gasteiger partial charge in [0.1, 0.15) is 5.54 Å². The maximum Gasteiger partial charge on any atom is 0.231 e. The summed E-state index contributed by atoms with van der Waals surface area (Å²) in [5.74, 6) is -0.140. The molecule has 0 aliphatic rings. The highest BCUT2D eigenvalue weighted by Crippen LogP contribution is 2.29. The second-order valence-electron chi connectivity index (χ2n) is 6.55. The van der Waals surface area contributed by atoms with Crippen LogP contribution in [-0.4, -0.2) is 11.4 Å². The molecule has 0 aromatic heterocycles. The van der Waals surface area contributed by atoms with Gasteiger partial charge in [-0.25, -0.2) is 0 Å². The first-order chi connectivity index (χ1) is 10.9. The Morgan fingerprint density at radius 1 is 1.00 bits per heavy atom. The predicted molar refractivity (Wildman–Crippen MR) is 91.8 cm³/mol. The quantitative estimate of drug-likeness (QED) is 0.917. The summed E-state index contributed by atoms with van der Waals surface area (Å²) >= 11 is 0. The molecule has 1 N–H and O–H groups in total. The molecule has 1 amide bonds. The van der Waals surface area contributed by atoms with E-state index in [0.29, 0.717) is 6.42 Å². The monoisotopic (exact) mass is 306 g/mol. The molecule has 0 bridgehead atoms. The van der Waals surface area contributed by atoms with Gasteiger partial charge in [-0.05, 0) is 38.3 Å². The molecular weight excluding hydrogens is 284 g/mol. The van der Waals surface area contributed by atoms with Gasteiger partial charge in [0, 0.05) is 0 Å². The number of hydrogen-bond acceptors (Lipinski definition) is 2. The molecule has 2 aromatic rings. The van der Waals surface area contributed by atoms with Crippen molar-refractivity contribution in [1.29, 1.82) is 5.26 Å². The largest absolute Gasteiger partial charge is 0.338 e. The van der Waals surface area contributed by atoms with Crippen molar-refractivity contribution in [3.05, 3.63) is 71.8 Å². The lowest BCUT2D eigenvalue weighted by atomic mass is 9.76. The predicted octanol–water partition coefficient (Wildman–Crippen LogP) is 3.61. The van der Waals surface area contributed by atoms with Crippen LogP contribution in [0.15, 0.2) is 60.7 Å². The van der Waals surface area contributed by atoms with E-state index in [1.807, 2.05) is 67.6 Å². The van der Waals surface area contributed by atoms with Gasteiger partial charge in [-0.3, -0.25) is 4.79 Å². The zero-order valence-electron chi connectivity index (χ0n) is 13.8. The lowest BCUT2D eigenvalue weighted by Gasteiger charge is -2.32. The lowest BCUT2D eigenvalue weighted by molar-refractivity contribution is -0.127. The van der Waals surface area contributed by atoms with Crippen LogP contribution in [-0.2, 0) is 16.6 Å². The van der Waals surface area contributed by atoms with Crippen molar-refractivity contribution >= 4 is 5.91 Å². The molecular formula is C20H22N2O. The third-order valence-corrected chi connectivity index (χ3v) is 4.02. The van der Waals surface area contributed by atoms with E-state index in [9.17, 15) is 10.1 Å². The van der Waals surface area contributed by atoms with E-state index in [1.54, 1.807) is 13.8 Å². The van der Waals surface area contributed by atoms with Crippen LogP contribution in [0.4, 0.5) is 0 Å². The fourth-order valence-electron chi connectivity index (χ4n) is 2.57. The standard InChI is InChI=1S/C20H22N2O/c1-19(2,15-21)22-18(23)20(3,17-12-8-5-9-13-17)14-16-10-6-4-7-11-16/h4-13H,14H2,1-3H3,(H,22,23). The summed E-state index contributed by atoms with van der Waals surface area (Å²) in [5, 5.41) is 12.1. The van der Waals surface area contributed by atoms with E-state index in [-0.39, 0.29) is 5.91 Å². The molecule has 118 valence electrons. The van der Waals surface area contributed by atoms with Crippen LogP contribution in [0.5, 0.6) is 0 Å². The summed E-state index contributed by atoms with van der Waals surface area (Å²) < 4.78 is 0. The molecule has 0 aliphatic carbocycles. The van der Waals surface area contributed by atoms with Crippen LogP contribution in [0.1, 0.15) is 31.9 Å². The van der Waals surface area contributed by atoms with Gasteiger partial charge in [-0.15, -0.1) is 0 Å². The van der Waals surface area contributed by atoms with Gasteiger partial charge in [0.15, 0.2) is 0 Å². The molecule has 1 unspecified atom stereocenters. The number of carbonyl (C=O) groups excluding carboxylic acids is 1. The summed E-state index contributed by atoms with van der Waals surface area (Å²) in [6, 6.07) is 21.8. The summed E-state index contributed by atoms with van der Waals surface area (Å²) in [5.41, 5.74) is 0.388. The Labute approximate surface area is 138 Å². The third kappa shape index (κ3) is 3.98. The molecule has 3 nitrogen and oxygen atoms in total. The van der Waals surface area contributed by atoms with Gasteiger partial charge in [0.25, 0.3) is 0 Å². The van der Waals surface area contributed by atoms with Gasteiger partial charge >= 0.3 is 0 Å². The van der Waals surface area contributed by atoms with Gasteiger partial charge < -0.3 is 5.32 Å². The van der Waals surface area contributed by atoms with Crippen LogP contribution in [0.2, 0.25) is 0 Å². The summed E-state index contributed by atoms with van der Waals surface area (Å²) in [4.78, 5) is 13.0. The van der Waals surface area contributed by atoms with E-state index in [0.717, 1.165) is 11.1 Å². The first kappa shape index (κ1) is 16.8. The molecule has 0 saturated heterocycles. The lowest BCUT2D eigenvalue weighted by Crippen LogP contribution is -2.51. The minimum absolute atomic E-state index is 0.140. The van der Waals surface area contributed by atoms with Crippen LogP contribution in [0, 0.1) is 11.3 Å². The van der Waals surface area contributed by atoms with E-state index >= 15 is 0 Å². The molecule has 2 rings (SSSR count). The van der Waals surface area contributed by atoms with Crippen molar-refractivity contribution in [2.45, 2.75) is 38.1 Å². The molecule has 1 atom stereocenters. The molecule has 0 heterocycles. The Balaban J connectivity index is 2.40. The SMILES string of the molecule is CC(C)(C#N)NC(=O)C(C)(Cc1ccccc1)c1ccccc1. The minimum Gasteiger partial charge on any atom is -0.338 e. The normalized spacial score (nSPS) is 13.7. The Hall–Kier alpha value is -2.60. The van der Waals surface area contributed by atoms with E-state index in [4.69, 9.17) is 0 Å². The summed E-state index contributed by atoms with van der Waals surface area (Å²) in [6.07, 6.45) is 0.575. The maximum atomic E-state index is 13.0. The van der Waals surface area contributed by atoms with Gasteiger partial charge in [0.05, 0.1) is 11.5 Å². The van der Waals surface area contributed by atoms with Crippen LogP contribution in [0.3, 0.4) is 0 Å². The molecule has 0 radical (unpaired) electrons.